The zero-order valence-corrected chi connectivity index (χ0v) is 9.34. The summed E-state index contributed by atoms with van der Waals surface area (Å²) >= 11 is 0. The second kappa shape index (κ2) is 5.61. The Morgan fingerprint density at radius 3 is 2.15 bits per heavy atom. The van der Waals surface area contributed by atoms with Gasteiger partial charge in [-0.2, -0.15) is 0 Å². The molecule has 1 aliphatic rings. The lowest BCUT2D eigenvalue weighted by atomic mass is 10.0. The number of hydrogen-bond acceptors (Lipinski definition) is 2. The first-order valence-electron chi connectivity index (χ1n) is 5.76. The molecule has 0 atom stereocenters. The molecule has 1 saturated heterocycles. The molecule has 0 aromatic carbocycles. The van der Waals surface area contributed by atoms with Gasteiger partial charge in [0.2, 0.25) is 0 Å². The molecule has 0 aliphatic carbocycles. The second-order valence-electron chi connectivity index (χ2n) is 4.08. The fourth-order valence-corrected chi connectivity index (χ4v) is 1.95. The first-order valence-corrected chi connectivity index (χ1v) is 5.76. The molecular formula is C11H24N2. The summed E-state index contributed by atoms with van der Waals surface area (Å²) in [4.78, 5) is 2.63. The zero-order chi connectivity index (χ0) is 9.68. The Kier molecular flexibility index (Phi) is 4.74. The Bertz CT molecular complexity index is 128. The summed E-state index contributed by atoms with van der Waals surface area (Å²) in [6, 6.07) is 0.825. The van der Waals surface area contributed by atoms with E-state index in [-0.39, 0.29) is 0 Å². The van der Waals surface area contributed by atoms with Gasteiger partial charge in [0, 0.05) is 25.7 Å². The SMILES string of the molecule is CCC(CC)CN(CC)C1CNC1. The maximum atomic E-state index is 3.34. The van der Waals surface area contributed by atoms with Crippen LogP contribution in [0.25, 0.3) is 0 Å². The largest absolute Gasteiger partial charge is 0.314 e. The number of likely N-dealkylation sites (N-methyl/N-ethyl adjacent to an activating group) is 1. The minimum atomic E-state index is 0.825. The van der Waals surface area contributed by atoms with Gasteiger partial charge < -0.3 is 5.32 Å². The molecule has 13 heavy (non-hydrogen) atoms. The second-order valence-corrected chi connectivity index (χ2v) is 4.08. The van der Waals surface area contributed by atoms with Crippen LogP contribution < -0.4 is 5.32 Å². The van der Waals surface area contributed by atoms with E-state index in [2.05, 4.69) is 31.0 Å². The van der Waals surface area contributed by atoms with Crippen LogP contribution in [0.2, 0.25) is 0 Å². The van der Waals surface area contributed by atoms with Gasteiger partial charge in [-0.1, -0.05) is 33.6 Å². The number of rotatable bonds is 6. The normalized spacial score (nSPS) is 18.2. The maximum absolute atomic E-state index is 3.34. The van der Waals surface area contributed by atoms with Gasteiger partial charge in [-0.3, -0.25) is 4.90 Å². The van der Waals surface area contributed by atoms with Crippen molar-refractivity contribution in [3.05, 3.63) is 0 Å². The highest BCUT2D eigenvalue weighted by atomic mass is 15.2. The van der Waals surface area contributed by atoms with Crippen LogP contribution in [0, 0.1) is 5.92 Å². The van der Waals surface area contributed by atoms with Crippen LogP contribution in [0.4, 0.5) is 0 Å². The number of nitrogens with one attached hydrogen (secondary N) is 1. The molecule has 0 aromatic heterocycles. The van der Waals surface area contributed by atoms with Gasteiger partial charge in [-0.05, 0) is 12.5 Å². The van der Waals surface area contributed by atoms with E-state index in [1.54, 1.807) is 0 Å². The first-order chi connectivity index (χ1) is 6.31. The minimum Gasteiger partial charge on any atom is -0.314 e. The van der Waals surface area contributed by atoms with Gasteiger partial charge in [0.25, 0.3) is 0 Å². The molecule has 1 fully saturated rings. The van der Waals surface area contributed by atoms with Crippen LogP contribution in [0.15, 0.2) is 0 Å². The monoisotopic (exact) mass is 184 g/mol. The molecule has 1 aliphatic heterocycles. The molecule has 0 saturated carbocycles. The lowest BCUT2D eigenvalue weighted by Gasteiger charge is -2.39. The third-order valence-corrected chi connectivity index (χ3v) is 3.33. The van der Waals surface area contributed by atoms with E-state index in [0.717, 1.165) is 12.0 Å². The fraction of sp³-hybridized carbons (Fsp3) is 1.00. The van der Waals surface area contributed by atoms with E-state index in [9.17, 15) is 0 Å². The van der Waals surface area contributed by atoms with Crippen molar-refractivity contribution in [2.75, 3.05) is 26.2 Å². The summed E-state index contributed by atoms with van der Waals surface area (Å²) in [5.74, 6) is 0.903. The van der Waals surface area contributed by atoms with E-state index in [0.29, 0.717) is 0 Å². The van der Waals surface area contributed by atoms with Crippen molar-refractivity contribution in [1.29, 1.82) is 0 Å². The van der Waals surface area contributed by atoms with Gasteiger partial charge in [-0.15, -0.1) is 0 Å². The van der Waals surface area contributed by atoms with E-state index >= 15 is 0 Å². The van der Waals surface area contributed by atoms with Crippen molar-refractivity contribution in [2.24, 2.45) is 5.92 Å². The molecule has 0 spiro atoms. The topological polar surface area (TPSA) is 15.3 Å². The van der Waals surface area contributed by atoms with Gasteiger partial charge in [-0.25, -0.2) is 0 Å². The van der Waals surface area contributed by atoms with Crippen molar-refractivity contribution in [1.82, 2.24) is 10.2 Å². The maximum Gasteiger partial charge on any atom is 0.0345 e. The van der Waals surface area contributed by atoms with Crippen molar-refractivity contribution < 1.29 is 0 Å². The average Bonchev–Trinajstić information content (AvgIpc) is 2.08. The highest BCUT2D eigenvalue weighted by Gasteiger charge is 2.24. The molecule has 0 radical (unpaired) electrons. The average molecular weight is 184 g/mol. The van der Waals surface area contributed by atoms with E-state index in [1.165, 1.54) is 39.0 Å². The molecule has 1 rings (SSSR count). The van der Waals surface area contributed by atoms with Crippen LogP contribution >= 0.6 is 0 Å². The zero-order valence-electron chi connectivity index (χ0n) is 9.34. The lowest BCUT2D eigenvalue weighted by molar-refractivity contribution is 0.128. The molecule has 0 unspecified atom stereocenters. The van der Waals surface area contributed by atoms with Crippen LogP contribution in [-0.2, 0) is 0 Å². The van der Waals surface area contributed by atoms with Crippen molar-refractivity contribution in [3.8, 4) is 0 Å². The van der Waals surface area contributed by atoms with Crippen LogP contribution in [-0.4, -0.2) is 37.1 Å². The van der Waals surface area contributed by atoms with E-state index in [4.69, 9.17) is 0 Å². The smallest absolute Gasteiger partial charge is 0.0345 e. The van der Waals surface area contributed by atoms with Crippen LogP contribution in [0.1, 0.15) is 33.6 Å². The number of nitrogens with zero attached hydrogens (tertiary/aromatic N) is 1. The summed E-state index contributed by atoms with van der Waals surface area (Å²) in [5.41, 5.74) is 0. The first kappa shape index (κ1) is 11.0. The Morgan fingerprint density at radius 2 is 1.85 bits per heavy atom. The lowest BCUT2D eigenvalue weighted by Crippen LogP contribution is -2.57. The Hall–Kier alpha value is -0.0800. The molecule has 2 nitrogen and oxygen atoms in total. The summed E-state index contributed by atoms with van der Waals surface area (Å²) in [7, 11) is 0. The summed E-state index contributed by atoms with van der Waals surface area (Å²) in [6.07, 6.45) is 2.65. The van der Waals surface area contributed by atoms with Crippen molar-refractivity contribution >= 4 is 0 Å². The molecular weight excluding hydrogens is 160 g/mol. The third-order valence-electron chi connectivity index (χ3n) is 3.33. The molecule has 0 aromatic rings. The third kappa shape index (κ3) is 2.96. The quantitative estimate of drug-likeness (QED) is 0.676. The van der Waals surface area contributed by atoms with Gasteiger partial charge in [0.1, 0.15) is 0 Å². The molecule has 78 valence electrons. The van der Waals surface area contributed by atoms with Crippen molar-refractivity contribution in [2.45, 2.75) is 39.7 Å². The van der Waals surface area contributed by atoms with Crippen LogP contribution in [0.3, 0.4) is 0 Å². The predicted molar refractivity (Wildman–Crippen MR) is 58.0 cm³/mol. The number of hydrogen-bond donors (Lipinski definition) is 1. The van der Waals surface area contributed by atoms with Crippen molar-refractivity contribution in [3.63, 3.8) is 0 Å². The molecule has 1 N–H and O–H groups in total. The highest BCUT2D eigenvalue weighted by Crippen LogP contribution is 2.13. The standard InChI is InChI=1S/C11H24N2/c1-4-10(5-2)9-13(6-3)11-7-12-8-11/h10-12H,4-9H2,1-3H3. The Labute approximate surface area is 82.7 Å². The predicted octanol–water partition coefficient (Wildman–Crippen LogP) is 1.72. The van der Waals surface area contributed by atoms with Gasteiger partial charge >= 0.3 is 0 Å². The Morgan fingerprint density at radius 1 is 1.23 bits per heavy atom. The molecule has 2 heteroatoms. The summed E-state index contributed by atoms with van der Waals surface area (Å²) < 4.78 is 0. The van der Waals surface area contributed by atoms with Gasteiger partial charge in [0.15, 0.2) is 0 Å². The minimum absolute atomic E-state index is 0.825. The molecule has 0 amide bonds. The van der Waals surface area contributed by atoms with Gasteiger partial charge in [0.05, 0.1) is 0 Å². The summed E-state index contributed by atoms with van der Waals surface area (Å²) in [5, 5.41) is 3.34. The van der Waals surface area contributed by atoms with E-state index in [1.807, 2.05) is 0 Å². The fourth-order valence-electron chi connectivity index (χ4n) is 1.95. The molecule has 0 bridgehead atoms. The highest BCUT2D eigenvalue weighted by molar-refractivity contribution is 4.84. The van der Waals surface area contributed by atoms with E-state index < -0.39 is 0 Å². The van der Waals surface area contributed by atoms with Crippen LogP contribution in [0.5, 0.6) is 0 Å². The Balaban J connectivity index is 2.28. The summed E-state index contributed by atoms with van der Waals surface area (Å²) in [6.45, 7) is 11.8. The molecule has 1 heterocycles.